The zero-order chi connectivity index (χ0) is 24.0. The zero-order valence-corrected chi connectivity index (χ0v) is 21.2. The average Bonchev–Trinajstić information content (AvgIpc) is 3.15. The maximum Gasteiger partial charge on any atom is 0.0823 e. The quantitative estimate of drug-likeness (QED) is 0.458. The summed E-state index contributed by atoms with van der Waals surface area (Å²) in [4.78, 5) is 0. The van der Waals surface area contributed by atoms with Crippen LogP contribution in [0.3, 0.4) is 0 Å². The van der Waals surface area contributed by atoms with E-state index < -0.39 is 17.8 Å². The van der Waals surface area contributed by atoms with Crippen molar-refractivity contribution >= 4 is 0 Å². The first-order valence-electron chi connectivity index (χ1n) is 13.1. The Morgan fingerprint density at radius 3 is 2.61 bits per heavy atom. The second kappa shape index (κ2) is 9.11. The summed E-state index contributed by atoms with van der Waals surface area (Å²) in [7, 11) is 0. The molecule has 4 rings (SSSR count). The minimum absolute atomic E-state index is 0.0406. The number of ether oxygens (including phenoxy) is 1. The first-order valence-corrected chi connectivity index (χ1v) is 13.1. The zero-order valence-electron chi connectivity index (χ0n) is 21.2. The molecule has 0 bridgehead atoms. The highest BCUT2D eigenvalue weighted by Crippen LogP contribution is 2.64. The van der Waals surface area contributed by atoms with Crippen molar-refractivity contribution in [1.82, 2.24) is 0 Å². The number of rotatable bonds is 7. The van der Waals surface area contributed by atoms with Gasteiger partial charge in [0.15, 0.2) is 0 Å². The van der Waals surface area contributed by atoms with Crippen molar-refractivity contribution in [2.24, 2.45) is 22.7 Å². The molecule has 4 aliphatic rings. The maximum atomic E-state index is 11.0. The maximum absolute atomic E-state index is 11.0. The lowest BCUT2D eigenvalue weighted by atomic mass is 9.49. The van der Waals surface area contributed by atoms with E-state index in [1.54, 1.807) is 0 Å². The van der Waals surface area contributed by atoms with Crippen molar-refractivity contribution in [3.63, 3.8) is 0 Å². The van der Waals surface area contributed by atoms with Crippen molar-refractivity contribution < 1.29 is 20.1 Å². The SMILES string of the molecule is CCC(O)(/C=C\CO[C@@H](C)C1=CC[C@H]2C3=CC=C4C[C@@H](O)C[C@H](O)[C@]4(C)[C@H]3CC[C@]12C)CC. The van der Waals surface area contributed by atoms with Gasteiger partial charge in [0.05, 0.1) is 30.5 Å². The molecule has 7 atom stereocenters. The number of aliphatic hydroxyl groups excluding tert-OH is 2. The van der Waals surface area contributed by atoms with Crippen LogP contribution in [-0.4, -0.2) is 45.8 Å². The third-order valence-corrected chi connectivity index (χ3v) is 9.83. The Morgan fingerprint density at radius 1 is 1.18 bits per heavy atom. The molecule has 0 saturated heterocycles. The molecule has 0 heterocycles. The lowest BCUT2D eigenvalue weighted by molar-refractivity contribution is -0.0500. The van der Waals surface area contributed by atoms with Gasteiger partial charge in [0.2, 0.25) is 0 Å². The van der Waals surface area contributed by atoms with E-state index in [2.05, 4.69) is 39.0 Å². The monoisotopic (exact) mass is 456 g/mol. The van der Waals surface area contributed by atoms with Crippen molar-refractivity contribution in [1.29, 1.82) is 0 Å². The van der Waals surface area contributed by atoms with Gasteiger partial charge in [-0.05, 0) is 68.3 Å². The Labute approximate surface area is 200 Å². The summed E-state index contributed by atoms with van der Waals surface area (Å²) in [6, 6.07) is 0. The first-order chi connectivity index (χ1) is 15.6. The van der Waals surface area contributed by atoms with Gasteiger partial charge >= 0.3 is 0 Å². The van der Waals surface area contributed by atoms with Crippen LogP contribution in [-0.2, 0) is 4.74 Å². The fraction of sp³-hybridized carbons (Fsp3) is 0.724. The van der Waals surface area contributed by atoms with Gasteiger partial charge in [0.25, 0.3) is 0 Å². The summed E-state index contributed by atoms with van der Waals surface area (Å²) in [5.74, 6) is 0.803. The molecule has 33 heavy (non-hydrogen) atoms. The number of hydrogen-bond acceptors (Lipinski definition) is 4. The van der Waals surface area contributed by atoms with Gasteiger partial charge in [-0.25, -0.2) is 0 Å². The van der Waals surface area contributed by atoms with Gasteiger partial charge < -0.3 is 20.1 Å². The molecule has 0 aliphatic heterocycles. The van der Waals surface area contributed by atoms with E-state index >= 15 is 0 Å². The summed E-state index contributed by atoms with van der Waals surface area (Å²) in [6.07, 6.45) is 15.7. The van der Waals surface area contributed by atoms with Gasteiger partial charge in [-0.1, -0.05) is 69.2 Å². The molecule has 4 heteroatoms. The molecule has 0 aromatic rings. The molecule has 0 radical (unpaired) electrons. The van der Waals surface area contributed by atoms with Crippen molar-refractivity contribution in [3.05, 3.63) is 47.1 Å². The van der Waals surface area contributed by atoms with Crippen LogP contribution >= 0.6 is 0 Å². The molecule has 3 N–H and O–H groups in total. The van der Waals surface area contributed by atoms with E-state index in [1.165, 1.54) is 16.7 Å². The molecule has 184 valence electrons. The minimum Gasteiger partial charge on any atom is -0.393 e. The third kappa shape index (κ3) is 4.11. The lowest BCUT2D eigenvalue weighted by Crippen LogP contribution is -2.52. The van der Waals surface area contributed by atoms with Crippen molar-refractivity contribution in [2.75, 3.05) is 6.61 Å². The van der Waals surface area contributed by atoms with E-state index in [0.717, 1.165) is 19.3 Å². The Morgan fingerprint density at radius 2 is 1.91 bits per heavy atom. The molecule has 0 unspecified atom stereocenters. The molecular formula is C29H44O4. The Hall–Kier alpha value is -1.20. The van der Waals surface area contributed by atoms with E-state index in [9.17, 15) is 15.3 Å². The molecule has 0 aromatic heterocycles. The largest absolute Gasteiger partial charge is 0.393 e. The summed E-state index contributed by atoms with van der Waals surface area (Å²) >= 11 is 0. The van der Waals surface area contributed by atoms with Gasteiger partial charge in [0.1, 0.15) is 0 Å². The van der Waals surface area contributed by atoms with Crippen LogP contribution in [0.25, 0.3) is 0 Å². The van der Waals surface area contributed by atoms with Gasteiger partial charge in [-0.3, -0.25) is 0 Å². The molecule has 2 fully saturated rings. The van der Waals surface area contributed by atoms with E-state index in [-0.39, 0.29) is 16.9 Å². The predicted molar refractivity (Wildman–Crippen MR) is 133 cm³/mol. The van der Waals surface area contributed by atoms with Gasteiger partial charge in [-0.15, -0.1) is 0 Å². The van der Waals surface area contributed by atoms with E-state index in [1.807, 2.05) is 26.0 Å². The fourth-order valence-electron chi connectivity index (χ4n) is 7.34. The third-order valence-electron chi connectivity index (χ3n) is 9.83. The number of fused-ring (bicyclic) bond motifs is 5. The van der Waals surface area contributed by atoms with E-state index in [4.69, 9.17) is 4.74 Å². The van der Waals surface area contributed by atoms with Gasteiger partial charge in [0, 0.05) is 11.8 Å². The molecule has 0 amide bonds. The Balaban J connectivity index is 1.48. The smallest absolute Gasteiger partial charge is 0.0823 e. The van der Waals surface area contributed by atoms with Crippen LogP contribution < -0.4 is 0 Å². The van der Waals surface area contributed by atoms with Crippen LogP contribution in [0.5, 0.6) is 0 Å². The molecule has 2 saturated carbocycles. The summed E-state index contributed by atoms with van der Waals surface area (Å²) < 4.78 is 6.23. The standard InChI is InChI=1S/C29H44O4/c1-6-29(32,7-2)14-8-16-33-19(3)23-11-12-24-22-10-9-20-17-21(30)18-26(31)28(20,5)25(22)13-15-27(23,24)4/h8-11,14,19,21,24-26,30-32H,6-7,12-13,15-18H2,1-5H3/b14-8-/t19-,21+,24-,25-,26-,27+,28-/m0/s1. The number of hydrogen-bond donors (Lipinski definition) is 3. The number of allylic oxidation sites excluding steroid dienone is 4. The predicted octanol–water partition coefficient (Wildman–Crippen LogP) is 5.25. The fourth-order valence-corrected chi connectivity index (χ4v) is 7.34. The van der Waals surface area contributed by atoms with Crippen LogP contribution in [0.15, 0.2) is 47.1 Å². The second-order valence-electron chi connectivity index (χ2n) is 11.4. The second-order valence-corrected chi connectivity index (χ2v) is 11.4. The molecule has 0 aromatic carbocycles. The summed E-state index contributed by atoms with van der Waals surface area (Å²) in [5, 5.41) is 31.7. The van der Waals surface area contributed by atoms with Crippen molar-refractivity contribution in [3.8, 4) is 0 Å². The molecule has 0 spiro atoms. The molecule has 4 aliphatic carbocycles. The highest BCUT2D eigenvalue weighted by molar-refractivity contribution is 5.43. The van der Waals surface area contributed by atoms with E-state index in [0.29, 0.717) is 44.1 Å². The van der Waals surface area contributed by atoms with Crippen LogP contribution in [0.4, 0.5) is 0 Å². The topological polar surface area (TPSA) is 69.9 Å². The normalized spacial score (nSPS) is 39.3. The highest BCUT2D eigenvalue weighted by Gasteiger charge is 2.57. The Kier molecular flexibility index (Phi) is 6.88. The summed E-state index contributed by atoms with van der Waals surface area (Å²) in [5.41, 5.74) is 3.21. The van der Waals surface area contributed by atoms with Gasteiger partial charge in [-0.2, -0.15) is 0 Å². The van der Waals surface area contributed by atoms with Crippen molar-refractivity contribution in [2.45, 2.75) is 103 Å². The number of aliphatic hydroxyl groups is 3. The Bertz CT molecular complexity index is 863. The minimum atomic E-state index is -0.732. The van der Waals surface area contributed by atoms with Crippen LogP contribution in [0.1, 0.15) is 79.6 Å². The average molecular weight is 457 g/mol. The lowest BCUT2D eigenvalue weighted by Gasteiger charge is -2.56. The molecular weight excluding hydrogens is 412 g/mol. The van der Waals surface area contributed by atoms with Crippen LogP contribution in [0, 0.1) is 22.7 Å². The highest BCUT2D eigenvalue weighted by atomic mass is 16.5. The first kappa shape index (κ1) is 24.9. The molecule has 4 nitrogen and oxygen atoms in total. The van der Waals surface area contributed by atoms with Crippen LogP contribution in [0.2, 0.25) is 0 Å². The summed E-state index contributed by atoms with van der Waals surface area (Å²) in [6.45, 7) is 11.3.